The highest BCUT2D eigenvalue weighted by Gasteiger charge is 2.55. The molecule has 2 N–H and O–H groups in total. The van der Waals surface area contributed by atoms with Crippen LogP contribution in [0.15, 0.2) is 0 Å². The number of carboxylic acid groups (broad SMARTS) is 1. The van der Waals surface area contributed by atoms with Crippen LogP contribution in [0.2, 0.25) is 0 Å². The molecule has 0 radical (unpaired) electrons. The number of halogens is 2. The summed E-state index contributed by atoms with van der Waals surface area (Å²) in [5.74, 6) is -5.17. The number of carboxylic acids is 1. The van der Waals surface area contributed by atoms with E-state index in [1.165, 1.54) is 0 Å². The second-order valence-corrected chi connectivity index (χ2v) is 4.29. The third-order valence-electron chi connectivity index (χ3n) is 3.12. The van der Waals surface area contributed by atoms with Gasteiger partial charge in [0.25, 0.3) is 0 Å². The summed E-state index contributed by atoms with van der Waals surface area (Å²) in [6, 6.07) is 0. The molecule has 2 fully saturated rings. The Labute approximate surface area is 80.5 Å². The standard InChI is InChI=1S/C9H13F2NO2/c10-9(11,7(13)14)5-12-8(3-4-8)6-1-2-6/h6,12H,1-5H2,(H,13,14). The monoisotopic (exact) mass is 205 g/mol. The van der Waals surface area contributed by atoms with Crippen LogP contribution >= 0.6 is 0 Å². The Morgan fingerprint density at radius 3 is 2.43 bits per heavy atom. The molecular weight excluding hydrogens is 192 g/mol. The molecule has 80 valence electrons. The van der Waals surface area contributed by atoms with Gasteiger partial charge in [0.2, 0.25) is 0 Å². The minimum absolute atomic E-state index is 0.140. The van der Waals surface area contributed by atoms with Crippen LogP contribution < -0.4 is 5.32 Å². The molecule has 0 unspecified atom stereocenters. The van der Waals surface area contributed by atoms with Crippen molar-refractivity contribution in [1.29, 1.82) is 0 Å². The summed E-state index contributed by atoms with van der Waals surface area (Å²) in [7, 11) is 0. The quantitative estimate of drug-likeness (QED) is 0.710. The van der Waals surface area contributed by atoms with Gasteiger partial charge >= 0.3 is 11.9 Å². The minimum Gasteiger partial charge on any atom is -0.477 e. The van der Waals surface area contributed by atoms with E-state index < -0.39 is 18.4 Å². The number of rotatable bonds is 5. The van der Waals surface area contributed by atoms with Crippen molar-refractivity contribution in [3.8, 4) is 0 Å². The lowest BCUT2D eigenvalue weighted by Gasteiger charge is -2.19. The Morgan fingerprint density at radius 2 is 2.07 bits per heavy atom. The molecule has 0 saturated heterocycles. The summed E-state index contributed by atoms with van der Waals surface area (Å²) in [6.45, 7) is -0.737. The van der Waals surface area contributed by atoms with Crippen LogP contribution in [0.5, 0.6) is 0 Å². The summed E-state index contributed by atoms with van der Waals surface area (Å²) in [5, 5.41) is 10.9. The van der Waals surface area contributed by atoms with Crippen LogP contribution in [0.1, 0.15) is 25.7 Å². The van der Waals surface area contributed by atoms with Crippen molar-refractivity contribution in [2.45, 2.75) is 37.1 Å². The van der Waals surface area contributed by atoms with E-state index in [4.69, 9.17) is 5.11 Å². The average molecular weight is 205 g/mol. The summed E-state index contributed by atoms with van der Waals surface area (Å²) >= 11 is 0. The topological polar surface area (TPSA) is 49.3 Å². The molecule has 0 heterocycles. The number of hydrogen-bond acceptors (Lipinski definition) is 2. The third-order valence-corrected chi connectivity index (χ3v) is 3.12. The van der Waals surface area contributed by atoms with Crippen LogP contribution in [0.3, 0.4) is 0 Å². The molecule has 2 rings (SSSR count). The Kier molecular flexibility index (Phi) is 2.03. The molecule has 0 spiro atoms. The van der Waals surface area contributed by atoms with Crippen LogP contribution in [-0.4, -0.2) is 29.1 Å². The van der Waals surface area contributed by atoms with Crippen molar-refractivity contribution in [3.63, 3.8) is 0 Å². The van der Waals surface area contributed by atoms with Gasteiger partial charge in [0.15, 0.2) is 0 Å². The van der Waals surface area contributed by atoms with E-state index >= 15 is 0 Å². The average Bonchev–Trinajstić information content (AvgIpc) is 2.94. The second-order valence-electron chi connectivity index (χ2n) is 4.29. The SMILES string of the molecule is O=C(O)C(F)(F)CNC1(C2CC2)CC1. The second kappa shape index (κ2) is 2.89. The number of hydrogen-bond donors (Lipinski definition) is 2. The van der Waals surface area contributed by atoms with E-state index in [2.05, 4.69) is 5.32 Å². The lowest BCUT2D eigenvalue weighted by Crippen LogP contribution is -2.45. The highest BCUT2D eigenvalue weighted by atomic mass is 19.3. The van der Waals surface area contributed by atoms with Crippen LogP contribution in [0.25, 0.3) is 0 Å². The fourth-order valence-electron chi connectivity index (χ4n) is 1.86. The fraction of sp³-hybridized carbons (Fsp3) is 0.889. The van der Waals surface area contributed by atoms with Gasteiger partial charge in [-0.2, -0.15) is 8.78 Å². The van der Waals surface area contributed by atoms with Crippen LogP contribution in [0.4, 0.5) is 8.78 Å². The number of carbonyl (C=O) groups is 1. The Bertz CT molecular complexity index is 260. The van der Waals surface area contributed by atoms with Crippen molar-refractivity contribution in [1.82, 2.24) is 5.32 Å². The van der Waals surface area contributed by atoms with E-state index in [-0.39, 0.29) is 5.54 Å². The minimum atomic E-state index is -3.63. The summed E-state index contributed by atoms with van der Waals surface area (Å²) in [5.41, 5.74) is -0.140. The highest BCUT2D eigenvalue weighted by molar-refractivity contribution is 5.75. The van der Waals surface area contributed by atoms with Gasteiger partial charge in [-0.05, 0) is 31.6 Å². The first-order chi connectivity index (χ1) is 6.46. The molecule has 2 aliphatic rings. The lowest BCUT2D eigenvalue weighted by atomic mass is 10.1. The molecule has 3 nitrogen and oxygen atoms in total. The van der Waals surface area contributed by atoms with Crippen molar-refractivity contribution in [2.75, 3.05) is 6.54 Å². The van der Waals surface area contributed by atoms with E-state index in [1.54, 1.807) is 0 Å². The fourth-order valence-corrected chi connectivity index (χ4v) is 1.86. The molecule has 2 aliphatic carbocycles. The van der Waals surface area contributed by atoms with Crippen molar-refractivity contribution in [3.05, 3.63) is 0 Å². The molecule has 0 aromatic carbocycles. The molecule has 0 aromatic rings. The van der Waals surface area contributed by atoms with Gasteiger partial charge in [0.05, 0.1) is 6.54 Å². The molecule has 5 heteroatoms. The van der Waals surface area contributed by atoms with Crippen LogP contribution in [0, 0.1) is 5.92 Å². The van der Waals surface area contributed by atoms with Gasteiger partial charge in [0.1, 0.15) is 0 Å². The predicted molar refractivity (Wildman–Crippen MR) is 45.3 cm³/mol. The van der Waals surface area contributed by atoms with Crippen molar-refractivity contribution in [2.24, 2.45) is 5.92 Å². The first kappa shape index (κ1) is 9.83. The van der Waals surface area contributed by atoms with Gasteiger partial charge in [-0.15, -0.1) is 0 Å². The van der Waals surface area contributed by atoms with E-state index in [9.17, 15) is 13.6 Å². The summed E-state index contributed by atoms with van der Waals surface area (Å²) in [6.07, 6.45) is 4.00. The zero-order valence-electron chi connectivity index (χ0n) is 7.72. The normalized spacial score (nSPS) is 24.7. The zero-order valence-corrected chi connectivity index (χ0v) is 7.72. The molecule has 0 bridgehead atoms. The summed E-state index contributed by atoms with van der Waals surface area (Å²) < 4.78 is 25.5. The molecule has 2 saturated carbocycles. The maximum absolute atomic E-state index is 12.7. The van der Waals surface area contributed by atoms with E-state index in [0.717, 1.165) is 25.7 Å². The van der Waals surface area contributed by atoms with Gasteiger partial charge in [0, 0.05) is 5.54 Å². The highest BCUT2D eigenvalue weighted by Crippen LogP contribution is 2.53. The van der Waals surface area contributed by atoms with Crippen LogP contribution in [-0.2, 0) is 4.79 Å². The third kappa shape index (κ3) is 1.73. The Hall–Kier alpha value is -0.710. The number of alkyl halides is 2. The molecule has 14 heavy (non-hydrogen) atoms. The first-order valence-corrected chi connectivity index (χ1v) is 4.83. The van der Waals surface area contributed by atoms with E-state index in [1.807, 2.05) is 0 Å². The molecule has 0 atom stereocenters. The smallest absolute Gasteiger partial charge is 0.375 e. The predicted octanol–water partition coefficient (Wildman–Crippen LogP) is 1.24. The van der Waals surface area contributed by atoms with Gasteiger partial charge in [-0.3, -0.25) is 0 Å². The largest absolute Gasteiger partial charge is 0.477 e. The molecular formula is C9H13F2NO2. The number of aliphatic carboxylic acids is 1. The number of nitrogens with one attached hydrogen (secondary N) is 1. The molecule has 0 aromatic heterocycles. The summed E-state index contributed by atoms with van der Waals surface area (Å²) in [4.78, 5) is 10.2. The van der Waals surface area contributed by atoms with E-state index in [0.29, 0.717) is 5.92 Å². The molecule has 0 aliphatic heterocycles. The molecule has 0 amide bonds. The zero-order chi connectivity index (χ0) is 10.4. The van der Waals surface area contributed by atoms with Crippen molar-refractivity contribution < 1.29 is 18.7 Å². The Morgan fingerprint density at radius 1 is 1.50 bits per heavy atom. The van der Waals surface area contributed by atoms with Gasteiger partial charge < -0.3 is 10.4 Å². The maximum Gasteiger partial charge on any atom is 0.375 e. The van der Waals surface area contributed by atoms with Gasteiger partial charge in [-0.1, -0.05) is 0 Å². The lowest BCUT2D eigenvalue weighted by molar-refractivity contribution is -0.164. The first-order valence-electron chi connectivity index (χ1n) is 4.83. The Balaban J connectivity index is 1.84. The maximum atomic E-state index is 12.7. The van der Waals surface area contributed by atoms with Gasteiger partial charge in [-0.25, -0.2) is 4.79 Å². The van der Waals surface area contributed by atoms with Crippen molar-refractivity contribution >= 4 is 5.97 Å².